The molecule has 20 heavy (non-hydrogen) atoms. The summed E-state index contributed by atoms with van der Waals surface area (Å²) in [7, 11) is 0. The number of nitrogens with zero attached hydrogens (tertiary/aromatic N) is 3. The van der Waals surface area contributed by atoms with Crippen LogP contribution in [0.5, 0.6) is 0 Å². The van der Waals surface area contributed by atoms with Gasteiger partial charge in [0.05, 0.1) is 16.3 Å². The van der Waals surface area contributed by atoms with E-state index in [0.717, 1.165) is 22.0 Å². The first-order valence-electron chi connectivity index (χ1n) is 5.86. The van der Waals surface area contributed by atoms with Gasteiger partial charge < -0.3 is 0 Å². The maximum atomic E-state index is 10.6. The lowest BCUT2D eigenvalue weighted by molar-refractivity contribution is -0.384. The number of nitro groups is 1. The molecular formula is C14H9N3O2S. The van der Waals surface area contributed by atoms with Crippen LogP contribution in [0.15, 0.2) is 54.0 Å². The Morgan fingerprint density at radius 2 is 1.85 bits per heavy atom. The van der Waals surface area contributed by atoms with Gasteiger partial charge in [0.15, 0.2) is 0 Å². The van der Waals surface area contributed by atoms with E-state index >= 15 is 0 Å². The van der Waals surface area contributed by atoms with Crippen LogP contribution in [0.3, 0.4) is 0 Å². The Labute approximate surface area is 118 Å². The fourth-order valence-corrected chi connectivity index (χ4v) is 2.57. The number of hydrogen-bond acceptors (Lipinski definition) is 5. The first-order valence-corrected chi connectivity index (χ1v) is 6.74. The molecule has 3 rings (SSSR count). The molecule has 0 amide bonds. The molecular weight excluding hydrogens is 274 g/mol. The topological polar surface area (TPSA) is 68.9 Å². The Morgan fingerprint density at radius 1 is 1.05 bits per heavy atom. The highest BCUT2D eigenvalue weighted by Gasteiger charge is 2.09. The number of hydrogen-bond donors (Lipinski definition) is 0. The van der Waals surface area contributed by atoms with E-state index in [9.17, 15) is 10.1 Å². The summed E-state index contributed by atoms with van der Waals surface area (Å²) in [6.07, 6.45) is 1.72. The lowest BCUT2D eigenvalue weighted by Crippen LogP contribution is -1.87. The second kappa shape index (κ2) is 5.18. The molecule has 0 aliphatic carbocycles. The fourth-order valence-electron chi connectivity index (χ4n) is 1.77. The summed E-state index contributed by atoms with van der Waals surface area (Å²) in [5.41, 5.74) is 2.55. The molecule has 0 aliphatic rings. The maximum Gasteiger partial charge on any atom is 0.269 e. The summed E-state index contributed by atoms with van der Waals surface area (Å²) in [6, 6.07) is 12.0. The first kappa shape index (κ1) is 12.4. The van der Waals surface area contributed by atoms with Gasteiger partial charge >= 0.3 is 0 Å². The number of rotatable bonds is 3. The molecule has 0 unspecified atom stereocenters. The molecule has 6 heteroatoms. The number of pyridine rings is 1. The lowest BCUT2D eigenvalue weighted by Gasteiger charge is -1.96. The Bertz CT molecular complexity index is 739. The molecule has 5 nitrogen and oxygen atoms in total. The minimum absolute atomic E-state index is 0.0777. The molecule has 0 atom stereocenters. The van der Waals surface area contributed by atoms with Crippen LogP contribution in [-0.2, 0) is 0 Å². The number of aromatic nitrogens is 2. The smallest absolute Gasteiger partial charge is 0.258 e. The molecule has 3 aromatic rings. The van der Waals surface area contributed by atoms with E-state index in [1.165, 1.54) is 23.5 Å². The Balaban J connectivity index is 1.92. The highest BCUT2D eigenvalue weighted by Crippen LogP contribution is 2.28. The van der Waals surface area contributed by atoms with Crippen molar-refractivity contribution in [3.63, 3.8) is 0 Å². The summed E-state index contributed by atoms with van der Waals surface area (Å²) in [4.78, 5) is 19.0. The Kier molecular flexibility index (Phi) is 3.22. The van der Waals surface area contributed by atoms with Crippen molar-refractivity contribution in [3.05, 3.63) is 64.2 Å². The van der Waals surface area contributed by atoms with E-state index in [2.05, 4.69) is 9.97 Å². The van der Waals surface area contributed by atoms with Crippen molar-refractivity contribution in [2.45, 2.75) is 0 Å². The second-order valence-electron chi connectivity index (χ2n) is 4.06. The number of non-ortho nitro benzene ring substituents is 1. The van der Waals surface area contributed by atoms with Gasteiger partial charge in [0.1, 0.15) is 5.01 Å². The Morgan fingerprint density at radius 3 is 2.50 bits per heavy atom. The molecule has 0 fully saturated rings. The minimum atomic E-state index is -0.413. The monoisotopic (exact) mass is 283 g/mol. The molecule has 0 N–H and O–H groups in total. The van der Waals surface area contributed by atoms with Crippen molar-refractivity contribution in [2.24, 2.45) is 0 Å². The number of benzene rings is 1. The summed E-state index contributed by atoms with van der Waals surface area (Å²) < 4.78 is 0. The minimum Gasteiger partial charge on any atom is -0.258 e. The molecule has 0 saturated heterocycles. The van der Waals surface area contributed by atoms with Crippen LogP contribution >= 0.6 is 11.3 Å². The van der Waals surface area contributed by atoms with Crippen LogP contribution in [0.1, 0.15) is 0 Å². The standard InChI is InChI=1S/C14H9N3O2S/c18-17(19)11-6-4-10(5-7-11)13-9-20-14(16-13)12-3-1-2-8-15-12/h1-9H. The van der Waals surface area contributed by atoms with Crippen molar-refractivity contribution in [2.75, 3.05) is 0 Å². The fraction of sp³-hybridized carbons (Fsp3) is 0. The van der Waals surface area contributed by atoms with Gasteiger partial charge in [-0.05, 0) is 24.3 Å². The van der Waals surface area contributed by atoms with Crippen molar-refractivity contribution in [1.29, 1.82) is 0 Å². The molecule has 0 aliphatic heterocycles. The average Bonchev–Trinajstić information content (AvgIpc) is 2.98. The zero-order chi connectivity index (χ0) is 13.9. The van der Waals surface area contributed by atoms with Crippen molar-refractivity contribution in [1.82, 2.24) is 9.97 Å². The van der Waals surface area contributed by atoms with Gasteiger partial charge in [0, 0.05) is 29.3 Å². The van der Waals surface area contributed by atoms with Crippen molar-refractivity contribution in [3.8, 4) is 22.0 Å². The summed E-state index contributed by atoms with van der Waals surface area (Å²) >= 11 is 1.50. The molecule has 0 bridgehead atoms. The van der Waals surface area contributed by atoms with E-state index in [1.807, 2.05) is 23.6 Å². The van der Waals surface area contributed by atoms with Crippen LogP contribution in [0, 0.1) is 10.1 Å². The normalized spacial score (nSPS) is 10.4. The van der Waals surface area contributed by atoms with Crippen molar-refractivity contribution < 1.29 is 4.92 Å². The predicted molar refractivity (Wildman–Crippen MR) is 77.4 cm³/mol. The third kappa shape index (κ3) is 2.41. The number of nitro benzene ring substituents is 1. The molecule has 0 saturated carbocycles. The zero-order valence-corrected chi connectivity index (χ0v) is 11.1. The highest BCUT2D eigenvalue weighted by atomic mass is 32.1. The third-order valence-corrected chi connectivity index (χ3v) is 3.63. The average molecular weight is 283 g/mol. The summed E-state index contributed by atoms with van der Waals surface area (Å²) in [5.74, 6) is 0. The van der Waals surface area contributed by atoms with Gasteiger partial charge in [0.25, 0.3) is 5.69 Å². The van der Waals surface area contributed by atoms with Crippen LogP contribution < -0.4 is 0 Å². The third-order valence-electron chi connectivity index (χ3n) is 2.76. The van der Waals surface area contributed by atoms with Gasteiger partial charge in [-0.25, -0.2) is 4.98 Å². The summed E-state index contributed by atoms with van der Waals surface area (Å²) in [6.45, 7) is 0. The van der Waals surface area contributed by atoms with E-state index < -0.39 is 4.92 Å². The van der Waals surface area contributed by atoms with Crippen molar-refractivity contribution >= 4 is 17.0 Å². The van der Waals surface area contributed by atoms with Gasteiger partial charge in [0.2, 0.25) is 0 Å². The molecule has 1 aromatic carbocycles. The first-order chi connectivity index (χ1) is 9.74. The van der Waals surface area contributed by atoms with E-state index in [1.54, 1.807) is 18.3 Å². The van der Waals surface area contributed by atoms with Gasteiger partial charge in [-0.3, -0.25) is 15.1 Å². The number of thiazole rings is 1. The molecule has 0 radical (unpaired) electrons. The van der Waals surface area contributed by atoms with E-state index in [4.69, 9.17) is 0 Å². The quantitative estimate of drug-likeness (QED) is 0.542. The second-order valence-corrected chi connectivity index (χ2v) is 4.91. The maximum absolute atomic E-state index is 10.6. The highest BCUT2D eigenvalue weighted by molar-refractivity contribution is 7.13. The van der Waals surface area contributed by atoms with Crippen LogP contribution in [0.25, 0.3) is 22.0 Å². The zero-order valence-electron chi connectivity index (χ0n) is 10.3. The summed E-state index contributed by atoms with van der Waals surface area (Å²) in [5, 5.41) is 13.4. The van der Waals surface area contributed by atoms with Gasteiger partial charge in [-0.1, -0.05) is 6.07 Å². The van der Waals surface area contributed by atoms with Gasteiger partial charge in [-0.15, -0.1) is 11.3 Å². The molecule has 2 aromatic heterocycles. The predicted octanol–water partition coefficient (Wildman–Crippen LogP) is 3.78. The Hall–Kier alpha value is -2.60. The molecule has 98 valence electrons. The lowest BCUT2D eigenvalue weighted by atomic mass is 10.1. The van der Waals surface area contributed by atoms with E-state index in [0.29, 0.717) is 0 Å². The SMILES string of the molecule is O=[N+]([O-])c1ccc(-c2csc(-c3ccccn3)n2)cc1. The van der Waals surface area contributed by atoms with Crippen LogP contribution in [0.2, 0.25) is 0 Å². The van der Waals surface area contributed by atoms with Crippen LogP contribution in [-0.4, -0.2) is 14.9 Å². The largest absolute Gasteiger partial charge is 0.269 e. The van der Waals surface area contributed by atoms with Gasteiger partial charge in [-0.2, -0.15) is 0 Å². The molecule has 0 spiro atoms. The van der Waals surface area contributed by atoms with E-state index in [-0.39, 0.29) is 5.69 Å². The molecule has 2 heterocycles. The van der Waals surface area contributed by atoms with Crippen LogP contribution in [0.4, 0.5) is 5.69 Å².